The molecule has 25 heavy (non-hydrogen) atoms. The monoisotopic (exact) mass is 381 g/mol. The van der Waals surface area contributed by atoms with E-state index in [1.807, 2.05) is 0 Å². The lowest BCUT2D eigenvalue weighted by atomic mass is 10.0. The SMILES string of the molecule is CCC[N+](C)(CC)CC(=O)CCCCCC(C)C.CCOS(=O)(=O)[O-]. The molecule has 0 bridgehead atoms. The van der Waals surface area contributed by atoms with Crippen molar-refractivity contribution in [3.8, 4) is 0 Å². The van der Waals surface area contributed by atoms with Gasteiger partial charge < -0.3 is 9.04 Å². The van der Waals surface area contributed by atoms with E-state index in [2.05, 4.69) is 38.9 Å². The zero-order valence-corrected chi connectivity index (χ0v) is 17.9. The first-order valence-electron chi connectivity index (χ1n) is 9.45. The van der Waals surface area contributed by atoms with Crippen LogP contribution >= 0.6 is 0 Å². The van der Waals surface area contributed by atoms with E-state index in [9.17, 15) is 17.8 Å². The molecule has 0 rings (SSSR count). The van der Waals surface area contributed by atoms with Crippen LogP contribution in [0.5, 0.6) is 0 Å². The molecule has 0 spiro atoms. The molecule has 0 fully saturated rings. The van der Waals surface area contributed by atoms with Crippen molar-refractivity contribution in [2.75, 3.05) is 33.3 Å². The van der Waals surface area contributed by atoms with Gasteiger partial charge in [0.1, 0.15) is 6.54 Å². The second-order valence-electron chi connectivity index (χ2n) is 7.16. The van der Waals surface area contributed by atoms with Gasteiger partial charge in [0.05, 0.1) is 26.7 Å². The lowest BCUT2D eigenvalue weighted by Crippen LogP contribution is -2.47. The Bertz CT molecular complexity index is 437. The molecule has 0 saturated carbocycles. The summed E-state index contributed by atoms with van der Waals surface area (Å²) in [5, 5.41) is 0. The maximum atomic E-state index is 12.0. The number of ketones is 1. The third kappa shape index (κ3) is 19.7. The fourth-order valence-electron chi connectivity index (χ4n) is 2.59. The van der Waals surface area contributed by atoms with Crippen LogP contribution in [0.2, 0.25) is 0 Å². The van der Waals surface area contributed by atoms with E-state index in [0.717, 1.165) is 49.3 Å². The van der Waals surface area contributed by atoms with Crippen molar-refractivity contribution >= 4 is 16.2 Å². The van der Waals surface area contributed by atoms with Crippen LogP contribution in [0.25, 0.3) is 0 Å². The summed E-state index contributed by atoms with van der Waals surface area (Å²) in [5.74, 6) is 1.25. The Morgan fingerprint density at radius 3 is 2.08 bits per heavy atom. The molecule has 0 saturated heterocycles. The van der Waals surface area contributed by atoms with Crippen LogP contribution in [0, 0.1) is 5.92 Å². The van der Waals surface area contributed by atoms with Gasteiger partial charge in [-0.3, -0.25) is 8.98 Å². The van der Waals surface area contributed by atoms with Gasteiger partial charge in [0, 0.05) is 6.42 Å². The number of nitrogens with zero attached hydrogens (tertiary/aromatic N) is 1. The largest absolute Gasteiger partial charge is 0.726 e. The third-order valence-corrected chi connectivity index (χ3v) is 4.61. The fraction of sp³-hybridized carbons (Fsp3) is 0.944. The second-order valence-corrected chi connectivity index (χ2v) is 8.22. The van der Waals surface area contributed by atoms with Crippen LogP contribution in [-0.2, 0) is 19.4 Å². The molecule has 0 aliphatic rings. The highest BCUT2D eigenvalue weighted by atomic mass is 32.3. The Kier molecular flexibility index (Phi) is 15.7. The highest BCUT2D eigenvalue weighted by molar-refractivity contribution is 7.80. The summed E-state index contributed by atoms with van der Waals surface area (Å²) in [6, 6.07) is 0. The number of hydrogen-bond acceptors (Lipinski definition) is 5. The van der Waals surface area contributed by atoms with Crippen molar-refractivity contribution in [3.05, 3.63) is 0 Å². The van der Waals surface area contributed by atoms with E-state index in [4.69, 9.17) is 0 Å². The van der Waals surface area contributed by atoms with E-state index in [1.165, 1.54) is 26.2 Å². The van der Waals surface area contributed by atoms with Crippen molar-refractivity contribution < 1.29 is 26.4 Å². The maximum absolute atomic E-state index is 12.0. The molecule has 0 amide bonds. The summed E-state index contributed by atoms with van der Waals surface area (Å²) in [4.78, 5) is 12.0. The highest BCUT2D eigenvalue weighted by Gasteiger charge is 2.21. The van der Waals surface area contributed by atoms with Crippen LogP contribution in [0.1, 0.15) is 73.1 Å². The lowest BCUT2D eigenvalue weighted by Gasteiger charge is -2.32. The zero-order chi connectivity index (χ0) is 19.9. The average Bonchev–Trinajstić information content (AvgIpc) is 2.46. The Balaban J connectivity index is 0. The van der Waals surface area contributed by atoms with E-state index in [1.54, 1.807) is 0 Å². The fourth-order valence-corrected chi connectivity index (χ4v) is 2.88. The van der Waals surface area contributed by atoms with Crippen molar-refractivity contribution in [3.63, 3.8) is 0 Å². The number of carbonyl (C=O) groups is 1. The first kappa shape index (κ1) is 26.7. The summed E-state index contributed by atoms with van der Waals surface area (Å²) < 4.78 is 32.9. The standard InChI is InChI=1S/C16H34NO.C2H6O4S/c1-6-13-17(5,7-2)14-16(18)12-10-8-9-11-15(3)4;1-2-6-7(3,4)5/h15H,6-14H2,1-5H3;2H2,1H3,(H,3,4,5)/q+1;/p-1. The molecule has 0 radical (unpaired) electrons. The predicted molar refractivity (Wildman–Crippen MR) is 101 cm³/mol. The Morgan fingerprint density at radius 2 is 1.72 bits per heavy atom. The van der Waals surface area contributed by atoms with Crippen LogP contribution in [-0.4, -0.2) is 56.5 Å². The summed E-state index contributed by atoms with van der Waals surface area (Å²) in [5.41, 5.74) is 0. The van der Waals surface area contributed by atoms with Gasteiger partial charge in [-0.25, -0.2) is 8.42 Å². The van der Waals surface area contributed by atoms with Gasteiger partial charge >= 0.3 is 0 Å². The number of quaternary nitrogens is 1. The van der Waals surface area contributed by atoms with E-state index >= 15 is 0 Å². The molecule has 152 valence electrons. The molecule has 6 nitrogen and oxygen atoms in total. The van der Waals surface area contributed by atoms with Crippen LogP contribution < -0.4 is 0 Å². The summed E-state index contributed by atoms with van der Waals surface area (Å²) >= 11 is 0. The van der Waals surface area contributed by atoms with E-state index in [0.29, 0.717) is 5.78 Å². The first-order valence-corrected chi connectivity index (χ1v) is 10.8. The van der Waals surface area contributed by atoms with Gasteiger partial charge in [-0.2, -0.15) is 0 Å². The zero-order valence-electron chi connectivity index (χ0n) is 17.0. The molecule has 7 heteroatoms. The quantitative estimate of drug-likeness (QED) is 0.211. The summed E-state index contributed by atoms with van der Waals surface area (Å²) in [6.45, 7) is 13.2. The van der Waals surface area contributed by atoms with Crippen LogP contribution in [0.15, 0.2) is 0 Å². The molecule has 0 aromatic heterocycles. The van der Waals surface area contributed by atoms with Crippen molar-refractivity contribution in [2.45, 2.75) is 73.1 Å². The number of carbonyl (C=O) groups excluding carboxylic acids is 1. The Morgan fingerprint density at radius 1 is 1.12 bits per heavy atom. The molecule has 1 atom stereocenters. The molecule has 0 aliphatic heterocycles. The third-order valence-electron chi connectivity index (χ3n) is 4.08. The van der Waals surface area contributed by atoms with Gasteiger partial charge in [-0.15, -0.1) is 0 Å². The maximum Gasteiger partial charge on any atom is 0.217 e. The number of likely N-dealkylation sites (N-methyl/N-ethyl adjacent to an activating group) is 1. The van der Waals surface area contributed by atoms with Gasteiger partial charge in [0.15, 0.2) is 5.78 Å². The minimum Gasteiger partial charge on any atom is -0.726 e. The minimum absolute atomic E-state index is 0.0914. The minimum atomic E-state index is -4.42. The molecule has 0 N–H and O–H groups in total. The smallest absolute Gasteiger partial charge is 0.217 e. The average molecular weight is 382 g/mol. The molecule has 0 aromatic rings. The van der Waals surface area contributed by atoms with Crippen LogP contribution in [0.4, 0.5) is 0 Å². The predicted octanol–water partition coefficient (Wildman–Crippen LogP) is 3.52. The number of rotatable bonds is 13. The van der Waals surface area contributed by atoms with Gasteiger partial charge in [-0.05, 0) is 32.6 Å². The molecule has 1 unspecified atom stereocenters. The van der Waals surface area contributed by atoms with Gasteiger partial charge in [-0.1, -0.05) is 40.0 Å². The molecule has 0 heterocycles. The molecule has 0 aliphatic carbocycles. The number of hydrogen-bond donors (Lipinski definition) is 0. The van der Waals surface area contributed by atoms with Crippen molar-refractivity contribution in [1.82, 2.24) is 0 Å². The lowest BCUT2D eigenvalue weighted by molar-refractivity contribution is -0.900. The van der Waals surface area contributed by atoms with Gasteiger partial charge in [0.25, 0.3) is 0 Å². The van der Waals surface area contributed by atoms with Gasteiger partial charge in [0.2, 0.25) is 10.4 Å². The summed E-state index contributed by atoms with van der Waals surface area (Å²) in [6.07, 6.45) is 6.82. The number of Topliss-reactive ketones (excluding diaryl/α,β-unsaturated/α-hetero) is 1. The van der Waals surface area contributed by atoms with E-state index < -0.39 is 10.4 Å². The topological polar surface area (TPSA) is 83.5 Å². The highest BCUT2D eigenvalue weighted by Crippen LogP contribution is 2.11. The van der Waals surface area contributed by atoms with Crippen molar-refractivity contribution in [2.24, 2.45) is 5.92 Å². The Hall–Kier alpha value is -0.500. The normalized spacial score (nSPS) is 13.9. The second kappa shape index (κ2) is 14.6. The molecular formula is C18H39NO5S. The molecule has 0 aromatic carbocycles. The summed E-state index contributed by atoms with van der Waals surface area (Å²) in [7, 11) is -2.22. The first-order chi connectivity index (χ1) is 11.5. The van der Waals surface area contributed by atoms with Crippen LogP contribution in [0.3, 0.4) is 0 Å². The number of unbranched alkanes of at least 4 members (excludes halogenated alkanes) is 2. The Labute approximate surface area is 155 Å². The van der Waals surface area contributed by atoms with Crippen molar-refractivity contribution in [1.29, 1.82) is 0 Å². The molecular weight excluding hydrogens is 342 g/mol. The van der Waals surface area contributed by atoms with E-state index in [-0.39, 0.29) is 6.61 Å².